The molecule has 3 nitrogen and oxygen atoms in total. The van der Waals surface area contributed by atoms with E-state index in [2.05, 4.69) is 6.07 Å². The summed E-state index contributed by atoms with van der Waals surface area (Å²) in [5.41, 5.74) is 6.82. The molecule has 0 fully saturated rings. The molecule has 0 aliphatic heterocycles. The first kappa shape index (κ1) is 19.0. The Morgan fingerprint density at radius 3 is 2.59 bits per heavy atom. The van der Waals surface area contributed by atoms with Crippen molar-refractivity contribution in [1.82, 2.24) is 4.57 Å². The van der Waals surface area contributed by atoms with E-state index in [0.29, 0.717) is 27.9 Å². The van der Waals surface area contributed by atoms with Crippen molar-refractivity contribution in [2.45, 2.75) is 19.6 Å². The maximum Gasteiger partial charge on any atom is 0.416 e. The van der Waals surface area contributed by atoms with Crippen LogP contribution in [-0.4, -0.2) is 10.5 Å². The average Bonchev–Trinajstić information content (AvgIpc) is 2.95. The van der Waals surface area contributed by atoms with Gasteiger partial charge in [0.25, 0.3) is 0 Å². The Labute approximate surface area is 163 Å². The zero-order valence-electron chi connectivity index (χ0n) is 15.3. The summed E-state index contributed by atoms with van der Waals surface area (Å²) in [6.07, 6.45) is -4.58. The van der Waals surface area contributed by atoms with Crippen LogP contribution in [0.15, 0.2) is 48.5 Å². The minimum atomic E-state index is -4.58. The van der Waals surface area contributed by atoms with Crippen LogP contribution in [0.25, 0.3) is 21.8 Å². The fraction of sp³-hybridized carbons (Fsp3) is 0.136. The van der Waals surface area contributed by atoms with Gasteiger partial charge in [0.2, 0.25) is 5.91 Å². The number of alkyl halides is 3. The lowest BCUT2D eigenvalue weighted by Crippen LogP contribution is -2.11. The van der Waals surface area contributed by atoms with Crippen molar-refractivity contribution in [1.29, 1.82) is 0 Å². The molecule has 4 aromatic rings. The number of nitrogens with zero attached hydrogens (tertiary/aromatic N) is 1. The van der Waals surface area contributed by atoms with Crippen molar-refractivity contribution in [3.8, 4) is 0 Å². The number of carbonyl (C=O) groups excluding carboxylic acids is 1. The fourth-order valence-electron chi connectivity index (χ4n) is 3.58. The van der Waals surface area contributed by atoms with Crippen molar-refractivity contribution in [2.24, 2.45) is 5.73 Å². The van der Waals surface area contributed by atoms with Crippen LogP contribution in [0.4, 0.5) is 17.6 Å². The van der Waals surface area contributed by atoms with Gasteiger partial charge in [-0.25, -0.2) is 4.39 Å². The van der Waals surface area contributed by atoms with Crippen LogP contribution in [0, 0.1) is 18.8 Å². The van der Waals surface area contributed by atoms with Crippen LogP contribution in [-0.2, 0) is 12.7 Å². The minimum Gasteiger partial charge on any atom is -0.366 e. The van der Waals surface area contributed by atoms with E-state index in [1.165, 1.54) is 0 Å². The first-order valence-corrected chi connectivity index (χ1v) is 8.75. The standard InChI is InChI=1S/C22H15F4N2O/c1-12-5-7-15-19(9-12)28(18-4-2-3-16(20(15)18)21(27)29)11-13-10-14(22(24,25)26)6-8-17(13)23/h2-6,8-10H,11H2,1H3,(H2,27,29). The van der Waals surface area contributed by atoms with Crippen LogP contribution in [0.1, 0.15) is 27.0 Å². The number of primary amides is 1. The number of halogens is 4. The van der Waals surface area contributed by atoms with Crippen LogP contribution >= 0.6 is 0 Å². The minimum absolute atomic E-state index is 0.107. The number of carbonyl (C=O) groups is 1. The van der Waals surface area contributed by atoms with Crippen LogP contribution in [0.3, 0.4) is 0 Å². The number of amides is 1. The lowest BCUT2D eigenvalue weighted by Gasteiger charge is -2.12. The second kappa shape index (κ2) is 6.62. The van der Waals surface area contributed by atoms with Crippen LogP contribution in [0.2, 0.25) is 0 Å². The molecule has 0 unspecified atom stereocenters. The van der Waals surface area contributed by atoms with E-state index < -0.39 is 23.5 Å². The molecule has 4 rings (SSSR count). The van der Waals surface area contributed by atoms with Gasteiger partial charge in [0.05, 0.1) is 23.1 Å². The molecular formula is C22H15F4N2O. The molecule has 0 atom stereocenters. The number of nitrogens with two attached hydrogens (primary N) is 1. The average molecular weight is 399 g/mol. The molecule has 0 saturated carbocycles. The highest BCUT2D eigenvalue weighted by Gasteiger charge is 2.31. The van der Waals surface area contributed by atoms with E-state index in [4.69, 9.17) is 5.73 Å². The van der Waals surface area contributed by atoms with Gasteiger partial charge in [-0.1, -0.05) is 12.1 Å². The van der Waals surface area contributed by atoms with Gasteiger partial charge >= 0.3 is 6.18 Å². The number of aromatic nitrogens is 1. The van der Waals surface area contributed by atoms with Crippen LogP contribution in [0.5, 0.6) is 0 Å². The topological polar surface area (TPSA) is 48.0 Å². The molecule has 2 N–H and O–H groups in total. The second-order valence-corrected chi connectivity index (χ2v) is 6.89. The van der Waals surface area contributed by atoms with E-state index in [9.17, 15) is 22.4 Å². The smallest absolute Gasteiger partial charge is 0.366 e. The van der Waals surface area contributed by atoms with E-state index in [1.807, 2.05) is 13.0 Å². The highest BCUT2D eigenvalue weighted by atomic mass is 19.4. The molecule has 0 saturated heterocycles. The Balaban J connectivity index is 2.00. The van der Waals surface area contributed by atoms with Gasteiger partial charge in [-0.2, -0.15) is 13.2 Å². The number of rotatable bonds is 3. The number of aryl methyl sites for hydroxylation is 1. The van der Waals surface area contributed by atoms with E-state index >= 15 is 0 Å². The maximum absolute atomic E-state index is 14.4. The summed E-state index contributed by atoms with van der Waals surface area (Å²) < 4.78 is 55.3. The van der Waals surface area contributed by atoms with Gasteiger partial charge in [0, 0.05) is 21.9 Å². The molecule has 0 bridgehead atoms. The summed E-state index contributed by atoms with van der Waals surface area (Å²) in [6.45, 7) is 1.70. The van der Waals surface area contributed by atoms with Crippen LogP contribution < -0.4 is 5.73 Å². The van der Waals surface area contributed by atoms with Gasteiger partial charge < -0.3 is 10.3 Å². The molecule has 0 spiro atoms. The third kappa shape index (κ3) is 3.22. The maximum atomic E-state index is 14.4. The van der Waals surface area contributed by atoms with Crippen molar-refractivity contribution < 1.29 is 22.4 Å². The Morgan fingerprint density at radius 2 is 1.90 bits per heavy atom. The summed E-state index contributed by atoms with van der Waals surface area (Å²) in [7, 11) is 0. The van der Waals surface area contributed by atoms with E-state index in [0.717, 1.165) is 17.7 Å². The Kier molecular flexibility index (Phi) is 4.33. The fourth-order valence-corrected chi connectivity index (χ4v) is 3.58. The number of hydrogen-bond acceptors (Lipinski definition) is 1. The monoisotopic (exact) mass is 399 g/mol. The number of benzene rings is 3. The lowest BCUT2D eigenvalue weighted by atomic mass is 10.1. The third-order valence-electron chi connectivity index (χ3n) is 4.91. The quantitative estimate of drug-likeness (QED) is 0.473. The lowest BCUT2D eigenvalue weighted by molar-refractivity contribution is -0.137. The zero-order valence-corrected chi connectivity index (χ0v) is 15.3. The molecule has 29 heavy (non-hydrogen) atoms. The SMILES string of the molecule is Cc1c[c]c2c3c(C(N)=O)cccc3n(Cc3cc(C(F)(F)F)ccc3F)c2c1. The largest absolute Gasteiger partial charge is 0.416 e. The summed E-state index contributed by atoms with van der Waals surface area (Å²) in [4.78, 5) is 11.9. The Bertz CT molecular complexity index is 1270. The van der Waals surface area contributed by atoms with Gasteiger partial charge in [-0.3, -0.25) is 4.79 Å². The summed E-state index contributed by atoms with van der Waals surface area (Å²) in [5, 5.41) is 1.15. The van der Waals surface area contributed by atoms with Crippen molar-refractivity contribution >= 4 is 27.7 Å². The highest BCUT2D eigenvalue weighted by molar-refractivity contribution is 6.17. The molecule has 7 heteroatoms. The summed E-state index contributed by atoms with van der Waals surface area (Å²) in [6, 6.07) is 13.9. The van der Waals surface area contributed by atoms with Gasteiger partial charge in [0.1, 0.15) is 5.82 Å². The first-order chi connectivity index (χ1) is 13.7. The third-order valence-corrected chi connectivity index (χ3v) is 4.91. The van der Waals surface area contributed by atoms with E-state index in [1.54, 1.807) is 28.8 Å². The molecule has 1 radical (unpaired) electrons. The van der Waals surface area contributed by atoms with E-state index in [-0.39, 0.29) is 17.7 Å². The van der Waals surface area contributed by atoms with Gasteiger partial charge in [-0.15, -0.1) is 0 Å². The molecule has 147 valence electrons. The van der Waals surface area contributed by atoms with Crippen molar-refractivity contribution in [3.05, 3.63) is 82.7 Å². The highest BCUT2D eigenvalue weighted by Crippen LogP contribution is 2.34. The predicted octanol–water partition coefficient (Wildman–Crippen LogP) is 5.21. The first-order valence-electron chi connectivity index (χ1n) is 8.75. The zero-order chi connectivity index (χ0) is 20.9. The number of hydrogen-bond donors (Lipinski definition) is 1. The number of fused-ring (bicyclic) bond motifs is 3. The predicted molar refractivity (Wildman–Crippen MR) is 102 cm³/mol. The molecule has 1 amide bonds. The summed E-state index contributed by atoms with van der Waals surface area (Å²) >= 11 is 0. The Hall–Kier alpha value is -3.35. The van der Waals surface area contributed by atoms with Gasteiger partial charge in [0.15, 0.2) is 0 Å². The summed E-state index contributed by atoms with van der Waals surface area (Å²) in [5.74, 6) is -1.37. The molecule has 0 aliphatic rings. The Morgan fingerprint density at radius 1 is 1.14 bits per heavy atom. The van der Waals surface area contributed by atoms with Crippen molar-refractivity contribution in [2.75, 3.05) is 0 Å². The normalized spacial score (nSPS) is 12.0. The molecule has 3 aromatic carbocycles. The van der Waals surface area contributed by atoms with Gasteiger partial charge in [-0.05, 0) is 55.0 Å². The van der Waals surface area contributed by atoms with Crippen molar-refractivity contribution in [3.63, 3.8) is 0 Å². The second-order valence-electron chi connectivity index (χ2n) is 6.89. The molecule has 1 aromatic heterocycles. The molecule has 1 heterocycles. The molecule has 0 aliphatic carbocycles. The molecular weight excluding hydrogens is 384 g/mol.